The number of nitrogens with two attached hydrogens (primary N) is 1. The first-order valence-electron chi connectivity index (χ1n) is 6.87. The smallest absolute Gasteiger partial charge is 0.257 e. The largest absolute Gasteiger partial charge is 0.328 e. The lowest BCUT2D eigenvalue weighted by Crippen LogP contribution is -2.42. The Balaban J connectivity index is 0.00000242. The molecule has 6 nitrogen and oxygen atoms in total. The molecule has 1 aromatic heterocycles. The maximum Gasteiger partial charge on any atom is 0.257 e. The van der Waals surface area contributed by atoms with Gasteiger partial charge in [0, 0.05) is 25.3 Å². The Morgan fingerprint density at radius 3 is 2.50 bits per heavy atom. The van der Waals surface area contributed by atoms with Crippen LogP contribution in [0, 0.1) is 5.92 Å². The van der Waals surface area contributed by atoms with E-state index in [4.69, 9.17) is 5.73 Å². The monoisotopic (exact) mass is 358 g/mol. The molecule has 2 heterocycles. The van der Waals surface area contributed by atoms with Crippen molar-refractivity contribution in [2.75, 3.05) is 13.1 Å². The van der Waals surface area contributed by atoms with Crippen LogP contribution in [0.5, 0.6) is 0 Å². The van der Waals surface area contributed by atoms with Crippen LogP contribution in [0.25, 0.3) is 0 Å². The van der Waals surface area contributed by atoms with Gasteiger partial charge in [0.25, 0.3) is 6.43 Å². The fourth-order valence-corrected chi connectivity index (χ4v) is 3.93. The van der Waals surface area contributed by atoms with E-state index in [0.29, 0.717) is 31.8 Å². The fraction of sp³-hybridized carbons (Fsp3) is 0.750. The maximum atomic E-state index is 12.4. The highest BCUT2D eigenvalue weighted by Crippen LogP contribution is 2.24. The zero-order chi connectivity index (χ0) is 15.6. The minimum Gasteiger partial charge on any atom is -0.328 e. The molecule has 0 saturated carbocycles. The lowest BCUT2D eigenvalue weighted by molar-refractivity contribution is 0.121. The van der Waals surface area contributed by atoms with Gasteiger partial charge in [-0.25, -0.2) is 17.2 Å². The van der Waals surface area contributed by atoms with E-state index in [0.717, 1.165) is 17.1 Å². The lowest BCUT2D eigenvalue weighted by Gasteiger charge is -2.32. The number of aromatic nitrogens is 2. The van der Waals surface area contributed by atoms with Crippen molar-refractivity contribution in [3.8, 4) is 0 Å². The predicted molar refractivity (Wildman–Crippen MR) is 80.6 cm³/mol. The molecule has 10 heteroatoms. The molecule has 0 amide bonds. The summed E-state index contributed by atoms with van der Waals surface area (Å²) >= 11 is 0. The van der Waals surface area contributed by atoms with Crippen LogP contribution in [-0.2, 0) is 16.6 Å². The molecule has 0 radical (unpaired) electrons. The van der Waals surface area contributed by atoms with Crippen LogP contribution in [0.3, 0.4) is 0 Å². The van der Waals surface area contributed by atoms with Crippen molar-refractivity contribution in [2.24, 2.45) is 11.7 Å². The third kappa shape index (κ3) is 4.37. The first-order chi connectivity index (χ1) is 9.80. The van der Waals surface area contributed by atoms with Gasteiger partial charge in [-0.05, 0) is 25.7 Å². The molecule has 1 aliphatic rings. The highest BCUT2D eigenvalue weighted by Gasteiger charge is 2.31. The summed E-state index contributed by atoms with van der Waals surface area (Å²) in [5, 5.41) is 3.67. The molecule has 1 unspecified atom stereocenters. The van der Waals surface area contributed by atoms with Gasteiger partial charge < -0.3 is 5.73 Å². The lowest BCUT2D eigenvalue weighted by atomic mass is 9.92. The molecular formula is C12H21ClF2N4O2S. The van der Waals surface area contributed by atoms with Crippen molar-refractivity contribution in [1.29, 1.82) is 0 Å². The van der Waals surface area contributed by atoms with Gasteiger partial charge in [0.2, 0.25) is 10.0 Å². The molecule has 0 aliphatic carbocycles. The highest BCUT2D eigenvalue weighted by atomic mass is 35.5. The highest BCUT2D eigenvalue weighted by molar-refractivity contribution is 7.89. The van der Waals surface area contributed by atoms with Crippen LogP contribution in [0.4, 0.5) is 8.78 Å². The van der Waals surface area contributed by atoms with Crippen molar-refractivity contribution < 1.29 is 17.2 Å². The molecule has 1 aromatic rings. The number of piperidine rings is 1. The van der Waals surface area contributed by atoms with Gasteiger partial charge in [-0.2, -0.15) is 9.40 Å². The average Bonchev–Trinajstić information content (AvgIpc) is 2.87. The molecule has 0 bridgehead atoms. The summed E-state index contributed by atoms with van der Waals surface area (Å²) in [6.07, 6.45) is 1.13. The summed E-state index contributed by atoms with van der Waals surface area (Å²) in [6, 6.07) is 0.0450. The van der Waals surface area contributed by atoms with E-state index in [1.54, 1.807) is 0 Å². The normalized spacial score (nSPS) is 19.1. The number of alkyl halides is 2. The van der Waals surface area contributed by atoms with Gasteiger partial charge in [-0.15, -0.1) is 12.4 Å². The molecule has 1 atom stereocenters. The first kappa shape index (κ1) is 19.3. The third-order valence-corrected chi connectivity index (χ3v) is 5.67. The number of sulfonamides is 1. The number of halogens is 3. The number of hydrogen-bond donors (Lipinski definition) is 1. The zero-order valence-corrected chi connectivity index (χ0v) is 13.9. The van der Waals surface area contributed by atoms with Gasteiger partial charge in [-0.3, -0.25) is 4.68 Å². The van der Waals surface area contributed by atoms with Crippen molar-refractivity contribution in [3.05, 3.63) is 12.4 Å². The minimum atomic E-state index is -3.66. The van der Waals surface area contributed by atoms with Gasteiger partial charge in [-0.1, -0.05) is 0 Å². The summed E-state index contributed by atoms with van der Waals surface area (Å²) in [7, 11) is -3.66. The number of hydrogen-bond acceptors (Lipinski definition) is 4. The Hall–Kier alpha value is -0.770. The molecule has 1 aliphatic heterocycles. The van der Waals surface area contributed by atoms with Crippen LogP contribution in [0.1, 0.15) is 19.8 Å². The van der Waals surface area contributed by atoms with Gasteiger partial charge in [0.1, 0.15) is 11.4 Å². The molecule has 0 spiro atoms. The number of rotatable bonds is 5. The Labute approximate surface area is 135 Å². The summed E-state index contributed by atoms with van der Waals surface area (Å²) < 4.78 is 51.7. The van der Waals surface area contributed by atoms with E-state index in [9.17, 15) is 17.2 Å². The molecule has 22 heavy (non-hydrogen) atoms. The topological polar surface area (TPSA) is 81.2 Å². The first-order valence-corrected chi connectivity index (χ1v) is 8.31. The van der Waals surface area contributed by atoms with Crippen LogP contribution in [0.15, 0.2) is 17.3 Å². The second kappa shape index (κ2) is 7.67. The van der Waals surface area contributed by atoms with Crippen LogP contribution < -0.4 is 5.73 Å². The van der Waals surface area contributed by atoms with Gasteiger partial charge in [0.15, 0.2) is 0 Å². The number of nitrogens with zero attached hydrogens (tertiary/aromatic N) is 3. The molecule has 2 rings (SSSR count). The Bertz CT molecular complexity index is 571. The van der Waals surface area contributed by atoms with Crippen molar-refractivity contribution in [3.63, 3.8) is 0 Å². The zero-order valence-electron chi connectivity index (χ0n) is 12.2. The second-order valence-corrected chi connectivity index (χ2v) is 7.33. The summed E-state index contributed by atoms with van der Waals surface area (Å²) in [6.45, 7) is 2.11. The molecule has 128 valence electrons. The maximum absolute atomic E-state index is 12.4. The molecule has 1 saturated heterocycles. The van der Waals surface area contributed by atoms with Crippen molar-refractivity contribution in [1.82, 2.24) is 14.1 Å². The third-order valence-electron chi connectivity index (χ3n) is 3.81. The summed E-state index contributed by atoms with van der Waals surface area (Å²) in [4.78, 5) is -0.0394. The van der Waals surface area contributed by atoms with Gasteiger partial charge in [0.05, 0.1) is 6.20 Å². The van der Waals surface area contributed by atoms with E-state index < -0.39 is 23.0 Å². The van der Waals surface area contributed by atoms with E-state index in [1.807, 2.05) is 6.92 Å². The van der Waals surface area contributed by atoms with Crippen LogP contribution in [-0.4, -0.2) is 48.1 Å². The van der Waals surface area contributed by atoms with E-state index in [2.05, 4.69) is 5.10 Å². The Kier molecular flexibility index (Phi) is 6.72. The quantitative estimate of drug-likeness (QED) is 0.860. The van der Waals surface area contributed by atoms with Crippen LogP contribution in [0.2, 0.25) is 0 Å². The standard InChI is InChI=1S/C12H20F2N4O2S.ClH/c1-9(15)10-2-4-18(5-3-10)21(19,20)11-6-16-17(7-11)8-12(13)14;/h6-7,9-10,12H,2-5,8,15H2,1H3;1H. The van der Waals surface area contributed by atoms with E-state index >= 15 is 0 Å². The Morgan fingerprint density at radius 1 is 1.41 bits per heavy atom. The molecular weight excluding hydrogens is 338 g/mol. The molecule has 2 N–H and O–H groups in total. The second-order valence-electron chi connectivity index (χ2n) is 5.39. The Morgan fingerprint density at radius 2 is 2.00 bits per heavy atom. The van der Waals surface area contributed by atoms with Gasteiger partial charge >= 0.3 is 0 Å². The molecule has 1 fully saturated rings. The van der Waals surface area contributed by atoms with E-state index in [-0.39, 0.29) is 23.3 Å². The fourth-order valence-electron chi connectivity index (χ4n) is 2.51. The summed E-state index contributed by atoms with van der Waals surface area (Å²) in [5.74, 6) is 0.318. The van der Waals surface area contributed by atoms with Crippen molar-refractivity contribution >= 4 is 22.4 Å². The molecule has 0 aromatic carbocycles. The average molecular weight is 359 g/mol. The predicted octanol–water partition coefficient (Wildman–Crippen LogP) is 1.32. The van der Waals surface area contributed by atoms with E-state index in [1.165, 1.54) is 4.31 Å². The minimum absolute atomic E-state index is 0. The van der Waals surface area contributed by atoms with Crippen molar-refractivity contribution in [2.45, 2.75) is 43.7 Å². The summed E-state index contributed by atoms with van der Waals surface area (Å²) in [5.41, 5.74) is 5.83. The van der Waals surface area contributed by atoms with Crippen LogP contribution >= 0.6 is 12.4 Å². The SMILES string of the molecule is CC(N)C1CCN(S(=O)(=O)c2cnn(CC(F)F)c2)CC1.Cl.